The molecule has 0 aromatic heterocycles. The third kappa shape index (κ3) is 3.35. The third-order valence-electron chi connectivity index (χ3n) is 3.42. The van der Waals surface area contributed by atoms with Gasteiger partial charge in [0.15, 0.2) is 0 Å². The zero-order valence-electron chi connectivity index (χ0n) is 11.4. The molecular formula is C14H20N2O2S. The standard InChI is InChI=1S/C14H20N2O2S/c1-14(6-3-7-19-14)9-16-13(17)10-4-5-12(18-2)11(15)8-10/h4-5,8H,3,6-7,9,15H2,1-2H3,(H,16,17). The van der Waals surface area contributed by atoms with Gasteiger partial charge in [-0.15, -0.1) is 0 Å². The van der Waals surface area contributed by atoms with Crippen molar-refractivity contribution in [2.24, 2.45) is 0 Å². The number of amides is 1. The first-order chi connectivity index (χ1) is 9.04. The maximum absolute atomic E-state index is 12.1. The van der Waals surface area contributed by atoms with Crippen LogP contribution >= 0.6 is 11.8 Å². The van der Waals surface area contributed by atoms with Crippen LogP contribution in [-0.4, -0.2) is 30.1 Å². The fraction of sp³-hybridized carbons (Fsp3) is 0.500. The number of nitrogens with two attached hydrogens (primary N) is 1. The summed E-state index contributed by atoms with van der Waals surface area (Å²) in [6, 6.07) is 5.10. The lowest BCUT2D eigenvalue weighted by Gasteiger charge is -2.22. The van der Waals surface area contributed by atoms with E-state index in [4.69, 9.17) is 10.5 Å². The molecule has 0 radical (unpaired) electrons. The molecular weight excluding hydrogens is 260 g/mol. The van der Waals surface area contributed by atoms with Crippen molar-refractivity contribution in [3.63, 3.8) is 0 Å². The number of carbonyl (C=O) groups is 1. The summed E-state index contributed by atoms with van der Waals surface area (Å²) in [4.78, 5) is 12.1. The van der Waals surface area contributed by atoms with Crippen molar-refractivity contribution in [2.75, 3.05) is 25.1 Å². The van der Waals surface area contributed by atoms with Crippen LogP contribution in [0, 0.1) is 0 Å². The van der Waals surface area contributed by atoms with Crippen molar-refractivity contribution in [1.29, 1.82) is 0 Å². The second kappa shape index (κ2) is 5.74. The molecule has 1 fully saturated rings. The van der Waals surface area contributed by atoms with E-state index in [2.05, 4.69) is 12.2 Å². The molecule has 2 rings (SSSR count). The van der Waals surface area contributed by atoms with Crippen molar-refractivity contribution < 1.29 is 9.53 Å². The quantitative estimate of drug-likeness (QED) is 0.831. The Morgan fingerprint density at radius 2 is 2.37 bits per heavy atom. The summed E-state index contributed by atoms with van der Waals surface area (Å²) in [6.45, 7) is 2.90. The van der Waals surface area contributed by atoms with Crippen LogP contribution in [0.25, 0.3) is 0 Å². The van der Waals surface area contributed by atoms with Crippen molar-refractivity contribution in [2.45, 2.75) is 24.5 Å². The Bertz CT molecular complexity index is 471. The predicted molar refractivity (Wildman–Crippen MR) is 79.8 cm³/mol. The highest BCUT2D eigenvalue weighted by Crippen LogP contribution is 2.37. The molecule has 1 aliphatic rings. The van der Waals surface area contributed by atoms with Crippen molar-refractivity contribution in [3.05, 3.63) is 23.8 Å². The lowest BCUT2D eigenvalue weighted by Crippen LogP contribution is -2.36. The molecule has 1 saturated heterocycles. The number of benzene rings is 1. The molecule has 5 heteroatoms. The normalized spacial score (nSPS) is 22.2. The van der Waals surface area contributed by atoms with Gasteiger partial charge < -0.3 is 15.8 Å². The molecule has 1 aromatic carbocycles. The van der Waals surface area contributed by atoms with Crippen LogP contribution in [0.3, 0.4) is 0 Å². The molecule has 1 atom stereocenters. The monoisotopic (exact) mass is 280 g/mol. The minimum absolute atomic E-state index is 0.0805. The predicted octanol–water partition coefficient (Wildman–Crippen LogP) is 2.29. The molecule has 1 aliphatic heterocycles. The molecule has 0 saturated carbocycles. The number of rotatable bonds is 4. The Morgan fingerprint density at radius 1 is 1.58 bits per heavy atom. The summed E-state index contributed by atoms with van der Waals surface area (Å²) in [5.41, 5.74) is 6.86. The van der Waals surface area contributed by atoms with E-state index in [1.54, 1.807) is 25.3 Å². The van der Waals surface area contributed by atoms with E-state index in [1.165, 1.54) is 12.2 Å². The first kappa shape index (κ1) is 14.1. The molecule has 4 nitrogen and oxygen atoms in total. The second-order valence-corrected chi connectivity index (χ2v) is 6.72. The summed E-state index contributed by atoms with van der Waals surface area (Å²) in [5, 5.41) is 2.99. The van der Waals surface area contributed by atoms with Gasteiger partial charge in [0.2, 0.25) is 0 Å². The highest BCUT2D eigenvalue weighted by molar-refractivity contribution is 8.00. The molecule has 1 unspecified atom stereocenters. The Kier molecular flexibility index (Phi) is 4.24. The third-order valence-corrected chi connectivity index (χ3v) is 4.95. The smallest absolute Gasteiger partial charge is 0.251 e. The van der Waals surface area contributed by atoms with Crippen molar-refractivity contribution in [3.8, 4) is 5.75 Å². The van der Waals surface area contributed by atoms with E-state index in [9.17, 15) is 4.79 Å². The molecule has 1 heterocycles. The van der Waals surface area contributed by atoms with Gasteiger partial charge in [0.05, 0.1) is 12.8 Å². The zero-order valence-corrected chi connectivity index (χ0v) is 12.2. The highest BCUT2D eigenvalue weighted by atomic mass is 32.2. The van der Waals surface area contributed by atoms with Gasteiger partial charge in [0.25, 0.3) is 5.91 Å². The summed E-state index contributed by atoms with van der Waals surface area (Å²) < 4.78 is 5.25. The largest absolute Gasteiger partial charge is 0.495 e. The van der Waals surface area contributed by atoms with Crippen LogP contribution in [0.5, 0.6) is 5.75 Å². The number of methoxy groups -OCH3 is 1. The van der Waals surface area contributed by atoms with Crippen molar-refractivity contribution in [1.82, 2.24) is 5.32 Å². The maximum atomic E-state index is 12.1. The van der Waals surface area contributed by atoms with E-state index >= 15 is 0 Å². The molecule has 1 amide bonds. The Morgan fingerprint density at radius 3 is 2.95 bits per heavy atom. The fourth-order valence-electron chi connectivity index (χ4n) is 2.22. The van der Waals surface area contributed by atoms with Gasteiger partial charge in [-0.3, -0.25) is 4.79 Å². The molecule has 3 N–H and O–H groups in total. The first-order valence-corrected chi connectivity index (χ1v) is 7.38. The average Bonchev–Trinajstić information content (AvgIpc) is 2.83. The summed E-state index contributed by atoms with van der Waals surface area (Å²) >= 11 is 1.93. The number of anilines is 1. The Balaban J connectivity index is 1.98. The van der Waals surface area contributed by atoms with Crippen molar-refractivity contribution >= 4 is 23.4 Å². The zero-order chi connectivity index (χ0) is 13.9. The van der Waals surface area contributed by atoms with Gasteiger partial charge in [-0.25, -0.2) is 0 Å². The number of ether oxygens (including phenoxy) is 1. The number of hydrogen-bond donors (Lipinski definition) is 2. The molecule has 1 aromatic rings. The van der Waals surface area contributed by atoms with Crippen LogP contribution in [-0.2, 0) is 0 Å². The van der Waals surface area contributed by atoms with E-state index in [-0.39, 0.29) is 10.7 Å². The van der Waals surface area contributed by atoms with E-state index in [0.717, 1.165) is 6.42 Å². The van der Waals surface area contributed by atoms with Crippen LogP contribution in [0.1, 0.15) is 30.1 Å². The van der Waals surface area contributed by atoms with Gasteiger partial charge in [0.1, 0.15) is 5.75 Å². The number of carbonyl (C=O) groups excluding carboxylic acids is 1. The highest BCUT2D eigenvalue weighted by Gasteiger charge is 2.29. The second-order valence-electron chi connectivity index (χ2n) is 5.04. The Hall–Kier alpha value is -1.36. The summed E-state index contributed by atoms with van der Waals surface area (Å²) in [6.07, 6.45) is 2.38. The van der Waals surface area contributed by atoms with Crippen LogP contribution < -0.4 is 15.8 Å². The summed E-state index contributed by atoms with van der Waals surface area (Å²) in [5.74, 6) is 1.69. The fourth-order valence-corrected chi connectivity index (χ4v) is 3.47. The molecule has 0 spiro atoms. The lowest BCUT2D eigenvalue weighted by molar-refractivity contribution is 0.0950. The SMILES string of the molecule is COc1ccc(C(=O)NCC2(C)CCCS2)cc1N. The van der Waals surface area contributed by atoms with Gasteiger partial charge >= 0.3 is 0 Å². The Labute approximate surface area is 118 Å². The molecule has 19 heavy (non-hydrogen) atoms. The van der Waals surface area contributed by atoms with E-state index < -0.39 is 0 Å². The maximum Gasteiger partial charge on any atom is 0.251 e. The van der Waals surface area contributed by atoms with Crippen LogP contribution in [0.2, 0.25) is 0 Å². The van der Waals surface area contributed by atoms with Crippen LogP contribution in [0.4, 0.5) is 5.69 Å². The number of hydrogen-bond acceptors (Lipinski definition) is 4. The van der Waals surface area contributed by atoms with E-state index in [1.807, 2.05) is 11.8 Å². The van der Waals surface area contributed by atoms with Crippen LogP contribution in [0.15, 0.2) is 18.2 Å². The molecule has 0 aliphatic carbocycles. The first-order valence-electron chi connectivity index (χ1n) is 6.40. The van der Waals surface area contributed by atoms with Gasteiger partial charge in [-0.1, -0.05) is 0 Å². The number of nitrogens with one attached hydrogen (secondary N) is 1. The van der Waals surface area contributed by atoms with Gasteiger partial charge in [-0.2, -0.15) is 11.8 Å². The summed E-state index contributed by atoms with van der Waals surface area (Å²) in [7, 11) is 1.56. The lowest BCUT2D eigenvalue weighted by atomic mass is 10.1. The van der Waals surface area contributed by atoms with Gasteiger partial charge in [-0.05, 0) is 43.7 Å². The number of thioether (sulfide) groups is 1. The van der Waals surface area contributed by atoms with Gasteiger partial charge in [0, 0.05) is 16.9 Å². The topological polar surface area (TPSA) is 64.3 Å². The molecule has 104 valence electrons. The molecule has 0 bridgehead atoms. The van der Waals surface area contributed by atoms with E-state index in [0.29, 0.717) is 23.5 Å². The minimum atomic E-state index is -0.0805. The number of nitrogen functional groups attached to an aromatic ring is 1. The average molecular weight is 280 g/mol. The minimum Gasteiger partial charge on any atom is -0.495 e.